The van der Waals surface area contributed by atoms with Gasteiger partial charge in [0, 0.05) is 17.3 Å². The molecule has 0 saturated heterocycles. The summed E-state index contributed by atoms with van der Waals surface area (Å²) in [5.41, 5.74) is 1.01. The zero-order valence-corrected chi connectivity index (χ0v) is 11.2. The van der Waals surface area contributed by atoms with Gasteiger partial charge in [-0.15, -0.1) is 0 Å². The summed E-state index contributed by atoms with van der Waals surface area (Å²) in [6.45, 7) is 0.540. The number of nitrogens with zero attached hydrogens (tertiary/aromatic N) is 4. The Labute approximate surface area is 121 Å². The van der Waals surface area contributed by atoms with Crippen LogP contribution in [-0.2, 0) is 6.54 Å². The van der Waals surface area contributed by atoms with E-state index >= 15 is 0 Å². The summed E-state index contributed by atoms with van der Waals surface area (Å²) in [5.74, 6) is 0.688. The number of benzene rings is 1. The van der Waals surface area contributed by atoms with Gasteiger partial charge in [0.15, 0.2) is 0 Å². The maximum absolute atomic E-state index is 8.67. The molecule has 0 amide bonds. The van der Waals surface area contributed by atoms with Crippen LogP contribution in [0, 0.1) is 22.7 Å². The molecule has 1 heterocycles. The first-order valence-electron chi connectivity index (χ1n) is 5.76. The van der Waals surface area contributed by atoms with Gasteiger partial charge in [-0.05, 0) is 17.7 Å². The van der Waals surface area contributed by atoms with E-state index in [1.165, 1.54) is 6.20 Å². The first-order valence-corrected chi connectivity index (χ1v) is 6.14. The summed E-state index contributed by atoms with van der Waals surface area (Å²) in [6.07, 6.45) is 2.99. The van der Waals surface area contributed by atoms with Crippen molar-refractivity contribution < 1.29 is 0 Å². The number of nitrogens with one attached hydrogen (secondary N) is 1. The number of anilines is 1. The SMILES string of the molecule is N#CC(C#N)=CNc1ccnn1Cc1cccc(Cl)c1. The lowest BCUT2D eigenvalue weighted by Gasteiger charge is -2.07. The molecule has 2 rings (SSSR count). The van der Waals surface area contributed by atoms with Gasteiger partial charge in [0.25, 0.3) is 0 Å². The number of allylic oxidation sites excluding steroid dienone is 1. The summed E-state index contributed by atoms with van der Waals surface area (Å²) in [5, 5.41) is 25.1. The second-order valence-corrected chi connectivity index (χ2v) is 4.37. The Morgan fingerprint density at radius 2 is 2.15 bits per heavy atom. The van der Waals surface area contributed by atoms with Gasteiger partial charge in [-0.3, -0.25) is 0 Å². The van der Waals surface area contributed by atoms with E-state index in [-0.39, 0.29) is 5.57 Å². The van der Waals surface area contributed by atoms with E-state index in [4.69, 9.17) is 22.1 Å². The van der Waals surface area contributed by atoms with E-state index in [9.17, 15) is 0 Å². The lowest BCUT2D eigenvalue weighted by atomic mass is 10.2. The Morgan fingerprint density at radius 3 is 2.85 bits per heavy atom. The molecule has 20 heavy (non-hydrogen) atoms. The number of hydrogen-bond donors (Lipinski definition) is 1. The minimum atomic E-state index is 0.000468. The molecule has 0 unspecified atom stereocenters. The Balaban J connectivity index is 2.16. The quantitative estimate of drug-likeness (QED) is 0.875. The molecule has 0 bridgehead atoms. The van der Waals surface area contributed by atoms with Crippen LogP contribution in [0.25, 0.3) is 0 Å². The molecule has 0 radical (unpaired) electrons. The predicted octanol–water partition coefficient (Wildman–Crippen LogP) is 2.93. The fourth-order valence-corrected chi connectivity index (χ4v) is 1.84. The third-order valence-electron chi connectivity index (χ3n) is 2.54. The van der Waals surface area contributed by atoms with Gasteiger partial charge in [0.05, 0.1) is 12.7 Å². The smallest absolute Gasteiger partial charge is 0.145 e. The van der Waals surface area contributed by atoms with Crippen LogP contribution in [0.3, 0.4) is 0 Å². The molecule has 0 aliphatic heterocycles. The van der Waals surface area contributed by atoms with Gasteiger partial charge in [0.2, 0.25) is 0 Å². The van der Waals surface area contributed by atoms with Crippen molar-refractivity contribution in [2.45, 2.75) is 6.54 Å². The minimum absolute atomic E-state index is 0.000468. The van der Waals surface area contributed by atoms with Gasteiger partial charge in [-0.1, -0.05) is 23.7 Å². The Bertz CT molecular complexity index is 702. The Hall–Kier alpha value is -2.76. The standard InChI is InChI=1S/C14H10ClN5/c15-13-3-1-2-11(6-13)10-20-14(4-5-19-20)18-9-12(7-16)8-17/h1-6,9,18H,10H2. The van der Waals surface area contributed by atoms with Crippen molar-refractivity contribution in [3.63, 3.8) is 0 Å². The number of nitriles is 2. The molecule has 0 fully saturated rings. The van der Waals surface area contributed by atoms with E-state index in [1.807, 2.05) is 24.3 Å². The average Bonchev–Trinajstić information content (AvgIpc) is 2.87. The molecule has 5 nitrogen and oxygen atoms in total. The van der Waals surface area contributed by atoms with E-state index in [2.05, 4.69) is 10.4 Å². The lowest BCUT2D eigenvalue weighted by molar-refractivity contribution is 0.695. The van der Waals surface area contributed by atoms with E-state index in [0.717, 1.165) is 5.56 Å². The molecule has 0 spiro atoms. The second-order valence-electron chi connectivity index (χ2n) is 3.93. The van der Waals surface area contributed by atoms with Gasteiger partial charge in [0.1, 0.15) is 23.5 Å². The van der Waals surface area contributed by atoms with Gasteiger partial charge >= 0.3 is 0 Å². The van der Waals surface area contributed by atoms with Crippen molar-refractivity contribution >= 4 is 17.4 Å². The first kappa shape index (κ1) is 13.7. The zero-order chi connectivity index (χ0) is 14.4. The number of hydrogen-bond acceptors (Lipinski definition) is 4. The largest absolute Gasteiger partial charge is 0.345 e. The summed E-state index contributed by atoms with van der Waals surface area (Å²) in [4.78, 5) is 0. The van der Waals surface area contributed by atoms with Crippen molar-refractivity contribution in [1.82, 2.24) is 9.78 Å². The molecule has 98 valence electrons. The molecule has 2 aromatic rings. The molecule has 1 aromatic carbocycles. The topological polar surface area (TPSA) is 77.4 Å². The minimum Gasteiger partial charge on any atom is -0.345 e. The third-order valence-corrected chi connectivity index (χ3v) is 2.78. The van der Waals surface area contributed by atoms with Crippen LogP contribution in [0.4, 0.5) is 5.82 Å². The Morgan fingerprint density at radius 1 is 1.35 bits per heavy atom. The fraction of sp³-hybridized carbons (Fsp3) is 0.0714. The zero-order valence-electron chi connectivity index (χ0n) is 10.4. The first-order chi connectivity index (χ1) is 9.72. The maximum atomic E-state index is 8.67. The lowest BCUT2D eigenvalue weighted by Crippen LogP contribution is -2.05. The highest BCUT2D eigenvalue weighted by molar-refractivity contribution is 6.30. The van der Waals surface area contributed by atoms with Crippen molar-refractivity contribution in [2.75, 3.05) is 5.32 Å². The summed E-state index contributed by atoms with van der Waals surface area (Å²) in [6, 6.07) is 12.8. The maximum Gasteiger partial charge on any atom is 0.145 e. The number of halogens is 1. The highest BCUT2D eigenvalue weighted by Crippen LogP contribution is 2.14. The third kappa shape index (κ3) is 3.38. The average molecular weight is 284 g/mol. The molecule has 0 atom stereocenters. The molecular formula is C14H10ClN5. The molecule has 0 aliphatic rings. The van der Waals surface area contributed by atoms with Crippen LogP contribution in [0.15, 0.2) is 48.3 Å². The second kappa shape index (κ2) is 6.42. The van der Waals surface area contributed by atoms with E-state index in [1.54, 1.807) is 29.1 Å². The van der Waals surface area contributed by atoms with Crippen LogP contribution in [-0.4, -0.2) is 9.78 Å². The van der Waals surface area contributed by atoms with Crippen molar-refractivity contribution in [2.24, 2.45) is 0 Å². The molecule has 6 heteroatoms. The monoisotopic (exact) mass is 283 g/mol. The summed E-state index contributed by atoms with van der Waals surface area (Å²) in [7, 11) is 0. The van der Waals surface area contributed by atoms with E-state index in [0.29, 0.717) is 17.4 Å². The molecule has 1 N–H and O–H groups in total. The van der Waals surface area contributed by atoms with Gasteiger partial charge < -0.3 is 5.32 Å². The fourth-order valence-electron chi connectivity index (χ4n) is 1.63. The molecule has 1 aromatic heterocycles. The molecular weight excluding hydrogens is 274 g/mol. The van der Waals surface area contributed by atoms with Crippen molar-refractivity contribution in [3.8, 4) is 12.1 Å². The van der Waals surface area contributed by atoms with Gasteiger partial charge in [-0.2, -0.15) is 15.6 Å². The van der Waals surface area contributed by atoms with Crippen LogP contribution in [0.5, 0.6) is 0 Å². The summed E-state index contributed by atoms with van der Waals surface area (Å²) >= 11 is 5.94. The van der Waals surface area contributed by atoms with Crippen molar-refractivity contribution in [1.29, 1.82) is 10.5 Å². The van der Waals surface area contributed by atoms with Crippen LogP contribution in [0.1, 0.15) is 5.56 Å². The van der Waals surface area contributed by atoms with Crippen molar-refractivity contribution in [3.05, 3.63) is 58.9 Å². The van der Waals surface area contributed by atoms with Crippen LogP contribution in [0.2, 0.25) is 5.02 Å². The highest BCUT2D eigenvalue weighted by Gasteiger charge is 2.03. The highest BCUT2D eigenvalue weighted by atomic mass is 35.5. The number of aromatic nitrogens is 2. The summed E-state index contributed by atoms with van der Waals surface area (Å²) < 4.78 is 1.72. The number of rotatable bonds is 4. The normalized spacial score (nSPS) is 9.35. The molecule has 0 aliphatic carbocycles. The van der Waals surface area contributed by atoms with Crippen LogP contribution < -0.4 is 5.32 Å². The van der Waals surface area contributed by atoms with Gasteiger partial charge in [-0.25, -0.2) is 4.68 Å². The van der Waals surface area contributed by atoms with Crippen LogP contribution >= 0.6 is 11.6 Å². The Kier molecular flexibility index (Phi) is 4.39. The predicted molar refractivity (Wildman–Crippen MR) is 75.7 cm³/mol. The van der Waals surface area contributed by atoms with E-state index < -0.39 is 0 Å². The molecule has 0 saturated carbocycles.